The Morgan fingerprint density at radius 3 is 2.84 bits per heavy atom. The van der Waals surface area contributed by atoms with Gasteiger partial charge in [-0.05, 0) is 37.9 Å². The highest BCUT2D eigenvalue weighted by Crippen LogP contribution is 2.19. The first-order valence-electron chi connectivity index (χ1n) is 6.44. The first kappa shape index (κ1) is 15.9. The van der Waals surface area contributed by atoms with Crippen LogP contribution < -0.4 is 10.6 Å². The van der Waals surface area contributed by atoms with Crippen molar-refractivity contribution in [2.45, 2.75) is 31.7 Å². The summed E-state index contributed by atoms with van der Waals surface area (Å²) in [5.41, 5.74) is 0.457. The summed E-state index contributed by atoms with van der Waals surface area (Å²) in [4.78, 5) is 12.1. The second kappa shape index (κ2) is 7.46. The van der Waals surface area contributed by atoms with Crippen LogP contribution in [0.5, 0.6) is 0 Å². The van der Waals surface area contributed by atoms with E-state index in [0.29, 0.717) is 5.56 Å². The highest BCUT2D eigenvalue weighted by Gasteiger charge is 2.22. The summed E-state index contributed by atoms with van der Waals surface area (Å²) in [7, 11) is 0. The molecule has 0 spiro atoms. The lowest BCUT2D eigenvalue weighted by molar-refractivity contribution is -0.123. The Hall–Kier alpha value is -1.13. The van der Waals surface area contributed by atoms with Gasteiger partial charge in [0.1, 0.15) is 5.82 Å². The lowest BCUT2D eigenvalue weighted by atomic mass is 9.98. The number of hydrogen-bond donors (Lipinski definition) is 2. The average molecular weight is 287 g/mol. The number of hydrogen-bond acceptors (Lipinski definition) is 2. The third-order valence-corrected chi connectivity index (χ3v) is 3.41. The van der Waals surface area contributed by atoms with Gasteiger partial charge in [-0.3, -0.25) is 4.79 Å². The van der Waals surface area contributed by atoms with Gasteiger partial charge in [0, 0.05) is 12.6 Å². The van der Waals surface area contributed by atoms with E-state index in [1.807, 2.05) is 0 Å². The van der Waals surface area contributed by atoms with Crippen LogP contribution in [0.3, 0.4) is 0 Å². The van der Waals surface area contributed by atoms with Gasteiger partial charge >= 0.3 is 0 Å². The number of halogens is 2. The van der Waals surface area contributed by atoms with Crippen LogP contribution in [0, 0.1) is 5.82 Å². The Kier molecular flexibility index (Phi) is 6.25. The van der Waals surface area contributed by atoms with Gasteiger partial charge in [-0.1, -0.05) is 18.2 Å². The van der Waals surface area contributed by atoms with Crippen molar-refractivity contribution in [1.82, 2.24) is 10.6 Å². The number of piperidine rings is 1. The van der Waals surface area contributed by atoms with E-state index in [1.165, 1.54) is 6.07 Å². The highest BCUT2D eigenvalue weighted by molar-refractivity contribution is 5.85. The molecule has 1 saturated heterocycles. The minimum absolute atomic E-state index is 0. The van der Waals surface area contributed by atoms with Crippen molar-refractivity contribution in [3.8, 4) is 0 Å². The number of benzene rings is 1. The first-order chi connectivity index (χ1) is 8.68. The van der Waals surface area contributed by atoms with Gasteiger partial charge in [0.05, 0.1) is 5.92 Å². The molecule has 3 nitrogen and oxygen atoms in total. The lowest BCUT2D eigenvalue weighted by Gasteiger charge is -2.25. The van der Waals surface area contributed by atoms with E-state index in [0.717, 1.165) is 25.9 Å². The molecular formula is C14H20ClFN2O. The Labute approximate surface area is 119 Å². The minimum Gasteiger partial charge on any atom is -0.352 e. The minimum atomic E-state index is -0.451. The predicted octanol–water partition coefficient (Wildman–Crippen LogP) is 2.22. The average Bonchev–Trinajstić information content (AvgIpc) is 2.39. The van der Waals surface area contributed by atoms with Gasteiger partial charge in [-0.25, -0.2) is 4.39 Å². The van der Waals surface area contributed by atoms with Crippen LogP contribution in [0.2, 0.25) is 0 Å². The molecule has 2 N–H and O–H groups in total. The summed E-state index contributed by atoms with van der Waals surface area (Å²) >= 11 is 0. The molecule has 5 heteroatoms. The quantitative estimate of drug-likeness (QED) is 0.895. The Morgan fingerprint density at radius 1 is 1.47 bits per heavy atom. The molecule has 2 rings (SSSR count). The molecule has 1 heterocycles. The second-order valence-corrected chi connectivity index (χ2v) is 4.80. The summed E-state index contributed by atoms with van der Waals surface area (Å²) in [6, 6.07) is 6.61. The number of nitrogens with one attached hydrogen (secondary N) is 2. The number of rotatable bonds is 3. The van der Waals surface area contributed by atoms with Crippen LogP contribution in [0.15, 0.2) is 24.3 Å². The number of amides is 1. The largest absolute Gasteiger partial charge is 0.352 e. The van der Waals surface area contributed by atoms with Crippen molar-refractivity contribution in [2.24, 2.45) is 0 Å². The van der Waals surface area contributed by atoms with E-state index < -0.39 is 5.92 Å². The maximum Gasteiger partial charge on any atom is 0.227 e. The van der Waals surface area contributed by atoms with Crippen molar-refractivity contribution in [3.05, 3.63) is 35.6 Å². The van der Waals surface area contributed by atoms with E-state index in [4.69, 9.17) is 0 Å². The molecule has 2 atom stereocenters. The summed E-state index contributed by atoms with van der Waals surface area (Å²) < 4.78 is 13.6. The van der Waals surface area contributed by atoms with Crippen molar-refractivity contribution in [3.63, 3.8) is 0 Å². The zero-order valence-corrected chi connectivity index (χ0v) is 11.8. The molecule has 106 valence electrons. The van der Waals surface area contributed by atoms with E-state index in [2.05, 4.69) is 10.6 Å². The van der Waals surface area contributed by atoms with Crippen molar-refractivity contribution < 1.29 is 9.18 Å². The smallest absolute Gasteiger partial charge is 0.227 e. The molecule has 0 radical (unpaired) electrons. The van der Waals surface area contributed by atoms with Crippen molar-refractivity contribution in [2.75, 3.05) is 13.1 Å². The molecule has 1 aliphatic heterocycles. The third-order valence-electron chi connectivity index (χ3n) is 3.41. The van der Waals surface area contributed by atoms with E-state index in [1.54, 1.807) is 25.1 Å². The molecule has 19 heavy (non-hydrogen) atoms. The van der Waals surface area contributed by atoms with E-state index in [-0.39, 0.29) is 30.2 Å². The molecule has 0 saturated carbocycles. The van der Waals surface area contributed by atoms with Gasteiger partial charge in [-0.2, -0.15) is 0 Å². The third kappa shape index (κ3) is 4.18. The number of carbonyl (C=O) groups is 1. The fraction of sp³-hybridized carbons (Fsp3) is 0.500. The van der Waals surface area contributed by atoms with Crippen LogP contribution in [-0.4, -0.2) is 25.0 Å². The van der Waals surface area contributed by atoms with Gasteiger partial charge in [-0.15, -0.1) is 12.4 Å². The summed E-state index contributed by atoms with van der Waals surface area (Å²) in [6.07, 6.45) is 2.06. The Bertz CT molecular complexity index is 422. The molecule has 1 aromatic rings. The normalized spacial score (nSPS) is 20.2. The molecule has 0 aromatic heterocycles. The van der Waals surface area contributed by atoms with Gasteiger partial charge in [0.2, 0.25) is 5.91 Å². The fourth-order valence-corrected chi connectivity index (χ4v) is 2.27. The van der Waals surface area contributed by atoms with E-state index >= 15 is 0 Å². The van der Waals surface area contributed by atoms with Crippen LogP contribution in [-0.2, 0) is 4.79 Å². The van der Waals surface area contributed by atoms with Gasteiger partial charge in [0.15, 0.2) is 0 Å². The van der Waals surface area contributed by atoms with Gasteiger partial charge in [0.25, 0.3) is 0 Å². The lowest BCUT2D eigenvalue weighted by Crippen LogP contribution is -2.46. The monoisotopic (exact) mass is 286 g/mol. The summed E-state index contributed by atoms with van der Waals surface area (Å²) in [5.74, 6) is -0.871. The van der Waals surface area contributed by atoms with Crippen molar-refractivity contribution >= 4 is 18.3 Å². The zero-order chi connectivity index (χ0) is 13.0. The van der Waals surface area contributed by atoms with E-state index in [9.17, 15) is 9.18 Å². The summed E-state index contributed by atoms with van der Waals surface area (Å²) in [5, 5.41) is 6.22. The van der Waals surface area contributed by atoms with Crippen LogP contribution in [0.25, 0.3) is 0 Å². The first-order valence-corrected chi connectivity index (χ1v) is 6.44. The molecule has 1 aromatic carbocycles. The molecule has 1 fully saturated rings. The summed E-state index contributed by atoms with van der Waals surface area (Å²) in [6.45, 7) is 3.55. The molecular weight excluding hydrogens is 267 g/mol. The molecule has 1 amide bonds. The predicted molar refractivity (Wildman–Crippen MR) is 76.1 cm³/mol. The van der Waals surface area contributed by atoms with Crippen LogP contribution in [0.4, 0.5) is 4.39 Å². The Balaban J connectivity index is 0.00000180. The van der Waals surface area contributed by atoms with Crippen LogP contribution in [0.1, 0.15) is 31.2 Å². The standard InChI is InChI=1S/C14H19FN2O.ClH/c1-10(12-6-2-3-7-13(12)15)14(18)17-11-5-4-8-16-9-11;/h2-3,6-7,10-11,16H,4-5,8-9H2,1H3,(H,17,18);1H/t10?,11-;/m0./s1. The topological polar surface area (TPSA) is 41.1 Å². The molecule has 0 bridgehead atoms. The maximum atomic E-state index is 13.6. The second-order valence-electron chi connectivity index (χ2n) is 4.80. The van der Waals surface area contributed by atoms with Gasteiger partial charge < -0.3 is 10.6 Å². The molecule has 0 aliphatic carbocycles. The molecule has 1 aliphatic rings. The zero-order valence-electron chi connectivity index (χ0n) is 11.0. The van der Waals surface area contributed by atoms with Crippen molar-refractivity contribution in [1.29, 1.82) is 0 Å². The maximum absolute atomic E-state index is 13.6. The highest BCUT2D eigenvalue weighted by atomic mass is 35.5. The Morgan fingerprint density at radius 2 is 2.21 bits per heavy atom. The van der Waals surface area contributed by atoms with Crippen LogP contribution >= 0.6 is 12.4 Å². The SMILES string of the molecule is CC(C(=O)N[C@H]1CCCNC1)c1ccccc1F.Cl. The fourth-order valence-electron chi connectivity index (χ4n) is 2.27. The number of carbonyl (C=O) groups excluding carboxylic acids is 1. The molecule has 1 unspecified atom stereocenters.